The standard InChI is InChI=1S/C9H12O/c1-2-9(10)8-6-4-3-5-7-8/h3-7,9-10H,2H2,1H3/t9-/m1/s1/i2D2. The second-order valence-electron chi connectivity index (χ2n) is 2.10. The van der Waals surface area contributed by atoms with E-state index in [1.807, 2.05) is 6.07 Å². The Labute approximate surface area is 64.1 Å². The molecule has 0 amide bonds. The van der Waals surface area contributed by atoms with Crippen molar-refractivity contribution in [2.24, 2.45) is 0 Å². The molecule has 10 heavy (non-hydrogen) atoms. The molecule has 1 nitrogen and oxygen atoms in total. The van der Waals surface area contributed by atoms with E-state index in [-0.39, 0.29) is 0 Å². The van der Waals surface area contributed by atoms with Gasteiger partial charge in [0.1, 0.15) is 0 Å². The van der Waals surface area contributed by atoms with Gasteiger partial charge >= 0.3 is 0 Å². The van der Waals surface area contributed by atoms with E-state index in [1.54, 1.807) is 24.3 Å². The summed E-state index contributed by atoms with van der Waals surface area (Å²) in [5.74, 6) is 0. The first-order valence-electron chi connectivity index (χ1n) is 4.25. The molecule has 0 aliphatic heterocycles. The predicted molar refractivity (Wildman–Crippen MR) is 41.7 cm³/mol. The number of aliphatic hydroxyl groups is 1. The molecule has 0 saturated heterocycles. The fourth-order valence-electron chi connectivity index (χ4n) is 0.802. The average molecular weight is 138 g/mol. The van der Waals surface area contributed by atoms with Gasteiger partial charge in [-0.3, -0.25) is 0 Å². The van der Waals surface area contributed by atoms with E-state index >= 15 is 0 Å². The van der Waals surface area contributed by atoms with Crippen LogP contribution in [0.2, 0.25) is 0 Å². The fraction of sp³-hybridized carbons (Fsp3) is 0.333. The Morgan fingerprint density at radius 3 is 2.60 bits per heavy atom. The third-order valence-corrected chi connectivity index (χ3v) is 1.39. The predicted octanol–water partition coefficient (Wildman–Crippen LogP) is 2.13. The molecule has 0 saturated carbocycles. The van der Waals surface area contributed by atoms with Crippen molar-refractivity contribution in [3.63, 3.8) is 0 Å². The van der Waals surface area contributed by atoms with Gasteiger partial charge in [0.25, 0.3) is 0 Å². The number of rotatable bonds is 2. The van der Waals surface area contributed by atoms with E-state index in [1.165, 1.54) is 6.92 Å². The minimum Gasteiger partial charge on any atom is -0.388 e. The molecule has 1 N–H and O–H groups in total. The third kappa shape index (κ3) is 1.58. The van der Waals surface area contributed by atoms with Crippen LogP contribution in [0.5, 0.6) is 0 Å². The summed E-state index contributed by atoms with van der Waals surface area (Å²) in [6, 6.07) is 8.83. The normalized spacial score (nSPS) is 17.4. The van der Waals surface area contributed by atoms with Crippen molar-refractivity contribution in [1.82, 2.24) is 0 Å². The van der Waals surface area contributed by atoms with E-state index in [2.05, 4.69) is 0 Å². The van der Waals surface area contributed by atoms with Gasteiger partial charge in [-0.2, -0.15) is 0 Å². The molecule has 0 heterocycles. The van der Waals surface area contributed by atoms with Crippen molar-refractivity contribution in [3.8, 4) is 0 Å². The Kier molecular flexibility index (Phi) is 1.66. The highest BCUT2D eigenvalue weighted by molar-refractivity contribution is 5.16. The summed E-state index contributed by atoms with van der Waals surface area (Å²) in [6.07, 6.45) is -2.62. The molecule has 1 aromatic rings. The first kappa shape index (κ1) is 4.91. The zero-order valence-electron chi connectivity index (χ0n) is 7.91. The number of aliphatic hydroxyl groups excluding tert-OH is 1. The molecule has 0 bridgehead atoms. The minimum absolute atomic E-state index is 0.616. The summed E-state index contributed by atoms with van der Waals surface area (Å²) in [4.78, 5) is 0. The molecule has 1 heteroatoms. The van der Waals surface area contributed by atoms with Crippen LogP contribution in [-0.4, -0.2) is 5.11 Å². The van der Waals surface area contributed by atoms with Gasteiger partial charge in [0.2, 0.25) is 0 Å². The lowest BCUT2D eigenvalue weighted by molar-refractivity contribution is 0.173. The Morgan fingerprint density at radius 1 is 1.50 bits per heavy atom. The van der Waals surface area contributed by atoms with Crippen LogP contribution in [0.1, 0.15) is 27.7 Å². The van der Waals surface area contributed by atoms with Crippen molar-refractivity contribution in [2.45, 2.75) is 19.4 Å². The van der Waals surface area contributed by atoms with Gasteiger partial charge in [0, 0.05) is 2.74 Å². The summed E-state index contributed by atoms with van der Waals surface area (Å²) in [5, 5.41) is 9.48. The summed E-state index contributed by atoms with van der Waals surface area (Å²) >= 11 is 0. The second kappa shape index (κ2) is 3.37. The van der Waals surface area contributed by atoms with Crippen LogP contribution in [0.25, 0.3) is 0 Å². The first-order valence-corrected chi connectivity index (χ1v) is 3.25. The molecule has 1 rings (SSSR count). The molecule has 0 aliphatic carbocycles. The van der Waals surface area contributed by atoms with Gasteiger partial charge in [0.05, 0.1) is 6.10 Å². The summed E-state index contributed by atoms with van der Waals surface area (Å²) in [6.45, 7) is 1.37. The zero-order chi connectivity index (χ0) is 9.19. The summed E-state index contributed by atoms with van der Waals surface area (Å²) < 4.78 is 14.6. The van der Waals surface area contributed by atoms with Gasteiger partial charge in [-0.25, -0.2) is 0 Å². The van der Waals surface area contributed by atoms with Gasteiger partial charge in [-0.1, -0.05) is 37.3 Å². The molecule has 0 fully saturated rings. The molecular formula is C9H12O. The van der Waals surface area contributed by atoms with Crippen LogP contribution in [0.3, 0.4) is 0 Å². The zero-order valence-corrected chi connectivity index (χ0v) is 5.91. The molecule has 0 aliphatic rings. The molecular weight excluding hydrogens is 124 g/mol. The lowest BCUT2D eigenvalue weighted by Crippen LogP contribution is -1.93. The van der Waals surface area contributed by atoms with Gasteiger partial charge in [0.15, 0.2) is 0 Å². The van der Waals surface area contributed by atoms with Crippen LogP contribution >= 0.6 is 0 Å². The molecule has 0 aromatic heterocycles. The van der Waals surface area contributed by atoms with Crippen LogP contribution in [0.4, 0.5) is 0 Å². The van der Waals surface area contributed by atoms with Crippen LogP contribution in [-0.2, 0) is 0 Å². The van der Waals surface area contributed by atoms with Gasteiger partial charge in [-0.05, 0) is 11.9 Å². The first-order chi connectivity index (χ1) is 5.52. The van der Waals surface area contributed by atoms with Gasteiger partial charge < -0.3 is 5.11 Å². The monoisotopic (exact) mass is 138 g/mol. The summed E-state index contributed by atoms with van der Waals surface area (Å²) in [7, 11) is 0. The Bertz CT molecular complexity index is 240. The van der Waals surface area contributed by atoms with Crippen LogP contribution in [0, 0.1) is 0 Å². The number of hydrogen-bond donors (Lipinski definition) is 1. The Hall–Kier alpha value is -0.820. The van der Waals surface area contributed by atoms with E-state index in [0.717, 1.165) is 0 Å². The molecule has 1 atom stereocenters. The highest BCUT2D eigenvalue weighted by Crippen LogP contribution is 2.14. The van der Waals surface area contributed by atoms with E-state index < -0.39 is 12.5 Å². The maximum atomic E-state index is 9.48. The molecule has 0 unspecified atom stereocenters. The largest absolute Gasteiger partial charge is 0.388 e. The quantitative estimate of drug-likeness (QED) is 0.663. The molecule has 0 radical (unpaired) electrons. The Balaban J connectivity index is 2.86. The lowest BCUT2D eigenvalue weighted by atomic mass is 10.1. The highest BCUT2D eigenvalue weighted by atomic mass is 16.3. The van der Waals surface area contributed by atoms with Gasteiger partial charge in [-0.15, -0.1) is 0 Å². The van der Waals surface area contributed by atoms with Crippen molar-refractivity contribution < 1.29 is 7.85 Å². The van der Waals surface area contributed by atoms with Crippen LogP contribution in [0.15, 0.2) is 30.3 Å². The average Bonchev–Trinajstić information content (AvgIpc) is 2.03. The van der Waals surface area contributed by atoms with Crippen LogP contribution < -0.4 is 0 Å². The topological polar surface area (TPSA) is 20.2 Å². The van der Waals surface area contributed by atoms with E-state index in [9.17, 15) is 5.11 Å². The second-order valence-corrected chi connectivity index (χ2v) is 2.10. The SMILES string of the molecule is [2H]C([2H])(C)[C@@H](O)c1ccccc1. The number of benzene rings is 1. The van der Waals surface area contributed by atoms with Crippen molar-refractivity contribution >= 4 is 0 Å². The Morgan fingerprint density at radius 2 is 2.10 bits per heavy atom. The van der Waals surface area contributed by atoms with Crippen molar-refractivity contribution in [2.75, 3.05) is 0 Å². The maximum absolute atomic E-state index is 9.48. The van der Waals surface area contributed by atoms with Crippen molar-refractivity contribution in [1.29, 1.82) is 0 Å². The van der Waals surface area contributed by atoms with E-state index in [0.29, 0.717) is 5.56 Å². The highest BCUT2D eigenvalue weighted by Gasteiger charge is 2.00. The molecule has 1 aromatic carbocycles. The molecule has 54 valence electrons. The van der Waals surface area contributed by atoms with E-state index in [4.69, 9.17) is 2.74 Å². The number of hydrogen-bond acceptors (Lipinski definition) is 1. The lowest BCUT2D eigenvalue weighted by Gasteiger charge is -2.05. The molecule has 0 spiro atoms. The summed E-state index contributed by atoms with van der Waals surface area (Å²) in [5.41, 5.74) is 0.616. The smallest absolute Gasteiger partial charge is 0.0787 e. The maximum Gasteiger partial charge on any atom is 0.0787 e. The third-order valence-electron chi connectivity index (χ3n) is 1.39. The van der Waals surface area contributed by atoms with Crippen molar-refractivity contribution in [3.05, 3.63) is 35.9 Å². The fourth-order valence-corrected chi connectivity index (χ4v) is 0.802. The minimum atomic E-state index is -1.58.